The first kappa shape index (κ1) is 14.4. The molecule has 0 radical (unpaired) electrons. The molecule has 0 aliphatic carbocycles. The van der Waals surface area contributed by atoms with Gasteiger partial charge in [-0.05, 0) is 37.6 Å². The molecule has 0 spiro atoms. The molecule has 0 saturated carbocycles. The van der Waals surface area contributed by atoms with E-state index in [1.54, 1.807) is 4.90 Å². The van der Waals surface area contributed by atoms with E-state index < -0.39 is 5.72 Å². The van der Waals surface area contributed by atoms with Crippen LogP contribution in [0.4, 0.5) is 10.5 Å². The van der Waals surface area contributed by atoms with Gasteiger partial charge in [0, 0.05) is 17.0 Å². The summed E-state index contributed by atoms with van der Waals surface area (Å²) < 4.78 is 6.22. The number of halogens is 1. The summed E-state index contributed by atoms with van der Waals surface area (Å²) in [5, 5.41) is 3.71. The summed E-state index contributed by atoms with van der Waals surface area (Å²) in [6.07, 6.45) is 0.682. The van der Waals surface area contributed by atoms with Crippen molar-refractivity contribution >= 4 is 23.3 Å². The van der Waals surface area contributed by atoms with Gasteiger partial charge in [0.15, 0.2) is 5.72 Å². The third-order valence-corrected chi connectivity index (χ3v) is 5.00. The molecule has 2 aliphatic heterocycles. The van der Waals surface area contributed by atoms with Crippen molar-refractivity contribution in [1.29, 1.82) is 0 Å². The molecule has 23 heavy (non-hydrogen) atoms. The fourth-order valence-corrected chi connectivity index (χ4v) is 3.61. The first-order valence-electron chi connectivity index (χ1n) is 7.63. The van der Waals surface area contributed by atoms with Gasteiger partial charge in [-0.1, -0.05) is 35.9 Å². The Morgan fingerprint density at radius 2 is 2.09 bits per heavy atom. The SMILES string of the molecule is Cc1ccc(N2C(=O)N[C@@H]3C[C@@]2(C)Oc2ccccc23)cc1Cl. The van der Waals surface area contributed by atoms with Gasteiger partial charge in [-0.3, -0.25) is 4.90 Å². The van der Waals surface area contributed by atoms with Crippen molar-refractivity contribution in [1.82, 2.24) is 5.32 Å². The Bertz CT molecular complexity index is 807. The summed E-state index contributed by atoms with van der Waals surface area (Å²) in [6, 6.07) is 13.3. The monoisotopic (exact) mass is 328 g/mol. The van der Waals surface area contributed by atoms with E-state index in [4.69, 9.17) is 16.3 Å². The number of para-hydroxylation sites is 1. The molecule has 4 nitrogen and oxygen atoms in total. The van der Waals surface area contributed by atoms with Gasteiger partial charge in [0.1, 0.15) is 5.75 Å². The number of amides is 2. The van der Waals surface area contributed by atoms with Gasteiger partial charge in [0.25, 0.3) is 0 Å². The number of anilines is 1. The van der Waals surface area contributed by atoms with Crippen LogP contribution in [0, 0.1) is 6.92 Å². The lowest BCUT2D eigenvalue weighted by Gasteiger charge is -2.50. The van der Waals surface area contributed by atoms with Crippen LogP contribution < -0.4 is 15.0 Å². The van der Waals surface area contributed by atoms with Crippen molar-refractivity contribution in [3.63, 3.8) is 0 Å². The highest BCUT2D eigenvalue weighted by Gasteiger charge is 2.49. The zero-order valence-corrected chi connectivity index (χ0v) is 13.7. The van der Waals surface area contributed by atoms with Crippen LogP contribution in [-0.2, 0) is 0 Å². The summed E-state index contributed by atoms with van der Waals surface area (Å²) in [4.78, 5) is 14.4. The van der Waals surface area contributed by atoms with Gasteiger partial charge in [0.2, 0.25) is 0 Å². The quantitative estimate of drug-likeness (QED) is 0.842. The molecular formula is C18H17ClN2O2. The third-order valence-electron chi connectivity index (χ3n) is 4.59. The van der Waals surface area contributed by atoms with E-state index in [1.165, 1.54) is 0 Å². The van der Waals surface area contributed by atoms with Crippen molar-refractivity contribution < 1.29 is 9.53 Å². The van der Waals surface area contributed by atoms with Crippen LogP contribution in [0.15, 0.2) is 42.5 Å². The summed E-state index contributed by atoms with van der Waals surface area (Å²) in [6.45, 7) is 3.88. The molecule has 0 aromatic heterocycles. The number of hydrogen-bond acceptors (Lipinski definition) is 2. The zero-order chi connectivity index (χ0) is 16.2. The number of urea groups is 1. The molecular weight excluding hydrogens is 312 g/mol. The number of fused-ring (bicyclic) bond motifs is 4. The molecule has 118 valence electrons. The second kappa shape index (κ2) is 4.90. The standard InChI is InChI=1S/C18H17ClN2O2/c1-11-7-8-12(9-14(11)19)21-17(22)20-15-10-18(21,2)23-16-6-4-3-5-13(15)16/h3-9,15H,10H2,1-2H3,(H,20,22)/t15-,18-/m1/s1. The minimum Gasteiger partial charge on any atom is -0.467 e. The van der Waals surface area contributed by atoms with E-state index >= 15 is 0 Å². The number of carbonyl (C=O) groups is 1. The van der Waals surface area contributed by atoms with Crippen LogP contribution in [0.1, 0.15) is 30.5 Å². The van der Waals surface area contributed by atoms with Gasteiger partial charge in [0.05, 0.1) is 11.7 Å². The average Bonchev–Trinajstić information content (AvgIpc) is 2.50. The van der Waals surface area contributed by atoms with Gasteiger partial charge in [-0.25, -0.2) is 4.79 Å². The summed E-state index contributed by atoms with van der Waals surface area (Å²) in [7, 11) is 0. The van der Waals surface area contributed by atoms with Crippen LogP contribution in [0.25, 0.3) is 0 Å². The van der Waals surface area contributed by atoms with E-state index in [-0.39, 0.29) is 12.1 Å². The van der Waals surface area contributed by atoms with Crippen molar-refractivity contribution in [2.45, 2.75) is 32.0 Å². The Hall–Kier alpha value is -2.20. The second-order valence-electron chi connectivity index (χ2n) is 6.29. The first-order chi connectivity index (χ1) is 11.0. The number of benzene rings is 2. The number of ether oxygens (including phenoxy) is 1. The number of hydrogen-bond donors (Lipinski definition) is 1. The minimum atomic E-state index is -0.736. The molecule has 1 N–H and O–H groups in total. The van der Waals surface area contributed by atoms with E-state index in [0.717, 1.165) is 22.6 Å². The third kappa shape index (κ3) is 2.17. The normalized spacial score (nSPS) is 25.4. The lowest BCUT2D eigenvalue weighted by molar-refractivity contribution is 0.0379. The van der Waals surface area contributed by atoms with Gasteiger partial charge in [-0.2, -0.15) is 0 Å². The molecule has 1 saturated heterocycles. The number of rotatable bonds is 1. The van der Waals surface area contributed by atoms with E-state index in [9.17, 15) is 4.79 Å². The second-order valence-corrected chi connectivity index (χ2v) is 6.70. The Kier molecular flexibility index (Phi) is 3.07. The van der Waals surface area contributed by atoms with E-state index in [1.807, 2.05) is 56.3 Å². The summed E-state index contributed by atoms with van der Waals surface area (Å²) >= 11 is 6.24. The molecule has 1 fully saturated rings. The molecule has 2 aromatic rings. The Balaban J connectivity index is 1.81. The van der Waals surface area contributed by atoms with Crippen LogP contribution in [0.3, 0.4) is 0 Å². The van der Waals surface area contributed by atoms with Crippen molar-refractivity contribution in [3.8, 4) is 5.75 Å². The maximum atomic E-state index is 12.7. The predicted octanol–water partition coefficient (Wildman–Crippen LogP) is 4.42. The van der Waals surface area contributed by atoms with Crippen LogP contribution >= 0.6 is 11.6 Å². The Labute approximate surface area is 140 Å². The van der Waals surface area contributed by atoms with Crippen LogP contribution in [0.2, 0.25) is 5.02 Å². The summed E-state index contributed by atoms with van der Waals surface area (Å²) in [5.41, 5.74) is 2.00. The highest BCUT2D eigenvalue weighted by molar-refractivity contribution is 6.31. The highest BCUT2D eigenvalue weighted by Crippen LogP contribution is 2.45. The minimum absolute atomic E-state index is 0.0328. The molecule has 2 atom stereocenters. The average molecular weight is 329 g/mol. The van der Waals surface area contributed by atoms with Crippen molar-refractivity contribution in [2.24, 2.45) is 0 Å². The predicted molar refractivity (Wildman–Crippen MR) is 90.0 cm³/mol. The topological polar surface area (TPSA) is 41.6 Å². The maximum absolute atomic E-state index is 12.7. The van der Waals surface area contributed by atoms with Gasteiger partial charge < -0.3 is 10.1 Å². The molecule has 2 amide bonds. The van der Waals surface area contributed by atoms with Crippen molar-refractivity contribution in [2.75, 3.05) is 4.90 Å². The Morgan fingerprint density at radius 1 is 1.30 bits per heavy atom. The number of carbonyl (C=O) groups excluding carboxylic acids is 1. The lowest BCUT2D eigenvalue weighted by atomic mass is 9.90. The van der Waals surface area contributed by atoms with Gasteiger partial charge in [-0.15, -0.1) is 0 Å². The van der Waals surface area contributed by atoms with E-state index in [2.05, 4.69) is 5.32 Å². The fourth-order valence-electron chi connectivity index (χ4n) is 3.43. The molecule has 5 heteroatoms. The molecule has 4 rings (SSSR count). The largest absolute Gasteiger partial charge is 0.467 e. The van der Waals surface area contributed by atoms with E-state index in [0.29, 0.717) is 11.4 Å². The van der Waals surface area contributed by atoms with Crippen LogP contribution in [0.5, 0.6) is 5.75 Å². The molecule has 2 heterocycles. The lowest BCUT2D eigenvalue weighted by Crippen LogP contribution is -2.65. The van der Waals surface area contributed by atoms with Crippen molar-refractivity contribution in [3.05, 3.63) is 58.6 Å². The maximum Gasteiger partial charge on any atom is 0.325 e. The number of nitrogens with zero attached hydrogens (tertiary/aromatic N) is 1. The summed E-state index contributed by atoms with van der Waals surface area (Å²) in [5.74, 6) is 0.814. The smallest absolute Gasteiger partial charge is 0.325 e. The molecule has 0 unspecified atom stereocenters. The first-order valence-corrected chi connectivity index (χ1v) is 8.00. The van der Waals surface area contributed by atoms with Crippen LogP contribution in [-0.4, -0.2) is 11.8 Å². The Morgan fingerprint density at radius 3 is 2.87 bits per heavy atom. The van der Waals surface area contributed by atoms with Gasteiger partial charge >= 0.3 is 6.03 Å². The zero-order valence-electron chi connectivity index (χ0n) is 13.0. The molecule has 2 aromatic carbocycles. The molecule has 2 aliphatic rings. The number of aryl methyl sites for hydroxylation is 1. The molecule has 2 bridgehead atoms. The highest BCUT2D eigenvalue weighted by atomic mass is 35.5. The fraction of sp³-hybridized carbons (Fsp3) is 0.278. The number of nitrogens with one attached hydrogen (secondary N) is 1.